The molecule has 2 aromatic rings. The largest absolute Gasteiger partial charge is 0.508 e. The number of hydrogen-bond acceptors (Lipinski definition) is 5. The van der Waals surface area contributed by atoms with Gasteiger partial charge >= 0.3 is 0 Å². The number of carbonyl (C=O) groups excluding carboxylic acids is 4. The number of carbonyl (C=O) groups is 4. The summed E-state index contributed by atoms with van der Waals surface area (Å²) in [5.41, 5.74) is 1.41. The average Bonchev–Trinajstić information content (AvgIpc) is 3.20. The molecule has 1 saturated carbocycles. The maximum atomic E-state index is 13.9. The van der Waals surface area contributed by atoms with Crippen molar-refractivity contribution in [3.63, 3.8) is 0 Å². The Balaban J connectivity index is 1.52. The predicted octanol–water partition coefficient (Wildman–Crippen LogP) is 4.89. The van der Waals surface area contributed by atoms with E-state index >= 15 is 0 Å². The molecule has 3 fully saturated rings. The van der Waals surface area contributed by atoms with Crippen molar-refractivity contribution in [1.29, 1.82) is 0 Å². The van der Waals surface area contributed by atoms with Crippen molar-refractivity contribution in [2.45, 2.75) is 28.5 Å². The van der Waals surface area contributed by atoms with Gasteiger partial charge in [-0.2, -0.15) is 0 Å². The first-order valence-corrected chi connectivity index (χ1v) is 13.4. The standard InChI is InChI=1S/C27H20Cl4N2O5/c1-32-24(37)26(30)11-18-15(21(27(26,31)25(32)38)16-7-6-14(34)10-19(16)29)8-9-17-20(18)23(36)33(22(17)35)13-4-2-12(28)3-5-13/h2-8,10,17-18,20-21,34H,9,11H2,1H3. The summed E-state index contributed by atoms with van der Waals surface area (Å²) < 4.78 is 0. The van der Waals surface area contributed by atoms with Crippen LogP contribution in [0, 0.1) is 17.8 Å². The summed E-state index contributed by atoms with van der Waals surface area (Å²) in [6.45, 7) is 0. The predicted molar refractivity (Wildman–Crippen MR) is 143 cm³/mol. The maximum Gasteiger partial charge on any atom is 0.253 e. The zero-order valence-corrected chi connectivity index (χ0v) is 22.9. The Labute approximate surface area is 237 Å². The quantitative estimate of drug-likeness (QED) is 0.304. The normalized spacial score (nSPS) is 34.3. The summed E-state index contributed by atoms with van der Waals surface area (Å²) in [4.78, 5) is 52.6. The van der Waals surface area contributed by atoms with Crippen molar-refractivity contribution >= 4 is 75.7 Å². The van der Waals surface area contributed by atoms with Crippen LogP contribution in [0.5, 0.6) is 5.75 Å². The van der Waals surface area contributed by atoms with Crippen LogP contribution in [0.1, 0.15) is 24.3 Å². The van der Waals surface area contributed by atoms with Crippen molar-refractivity contribution in [2.24, 2.45) is 17.8 Å². The number of hydrogen-bond donors (Lipinski definition) is 1. The molecule has 196 valence electrons. The number of nitrogens with zero attached hydrogens (tertiary/aromatic N) is 2. The van der Waals surface area contributed by atoms with E-state index in [1.807, 2.05) is 6.08 Å². The number of likely N-dealkylation sites (tertiary alicyclic amines) is 1. The van der Waals surface area contributed by atoms with E-state index in [0.717, 1.165) is 9.80 Å². The molecule has 7 nitrogen and oxygen atoms in total. The molecule has 6 rings (SSSR count). The lowest BCUT2D eigenvalue weighted by Crippen LogP contribution is -2.60. The average molecular weight is 594 g/mol. The van der Waals surface area contributed by atoms with Gasteiger partial charge in [-0.15, -0.1) is 23.2 Å². The molecule has 0 radical (unpaired) electrons. The number of anilines is 1. The van der Waals surface area contributed by atoms with Crippen LogP contribution in [-0.4, -0.2) is 50.4 Å². The van der Waals surface area contributed by atoms with Gasteiger partial charge in [-0.1, -0.05) is 40.9 Å². The molecule has 2 aliphatic heterocycles. The summed E-state index contributed by atoms with van der Waals surface area (Å²) in [6, 6.07) is 10.7. The lowest BCUT2D eigenvalue weighted by atomic mass is 9.56. The van der Waals surface area contributed by atoms with E-state index in [2.05, 4.69) is 0 Å². The minimum absolute atomic E-state index is 0.0920. The van der Waals surface area contributed by atoms with E-state index in [9.17, 15) is 24.3 Å². The van der Waals surface area contributed by atoms with Crippen molar-refractivity contribution in [3.8, 4) is 5.75 Å². The molecular formula is C27H20Cl4N2O5. The van der Waals surface area contributed by atoms with Gasteiger partial charge in [0, 0.05) is 23.0 Å². The third-order valence-electron chi connectivity index (χ3n) is 8.39. The van der Waals surface area contributed by atoms with Crippen LogP contribution in [0.25, 0.3) is 0 Å². The number of phenols is 1. The molecule has 0 aromatic heterocycles. The minimum atomic E-state index is -1.93. The number of aromatic hydroxyl groups is 1. The molecule has 6 unspecified atom stereocenters. The summed E-state index contributed by atoms with van der Waals surface area (Å²) in [7, 11) is 1.32. The molecule has 4 aliphatic rings. The number of imide groups is 2. The lowest BCUT2D eigenvalue weighted by Gasteiger charge is -2.51. The minimum Gasteiger partial charge on any atom is -0.508 e. The first-order chi connectivity index (χ1) is 17.9. The molecule has 11 heteroatoms. The highest BCUT2D eigenvalue weighted by Gasteiger charge is 2.76. The van der Waals surface area contributed by atoms with Crippen molar-refractivity contribution in [3.05, 3.63) is 69.7 Å². The fraction of sp³-hybridized carbons (Fsp3) is 0.333. The van der Waals surface area contributed by atoms with Crippen LogP contribution in [0.4, 0.5) is 5.69 Å². The van der Waals surface area contributed by atoms with Gasteiger partial charge in [-0.3, -0.25) is 29.0 Å². The number of fused-ring (bicyclic) bond motifs is 4. The van der Waals surface area contributed by atoms with Gasteiger partial charge in [0.2, 0.25) is 11.8 Å². The zero-order chi connectivity index (χ0) is 27.3. The van der Waals surface area contributed by atoms with E-state index in [1.165, 1.54) is 25.2 Å². The van der Waals surface area contributed by atoms with Gasteiger partial charge in [0.1, 0.15) is 5.75 Å². The topological polar surface area (TPSA) is 95.0 Å². The highest BCUT2D eigenvalue weighted by molar-refractivity contribution is 6.54. The summed E-state index contributed by atoms with van der Waals surface area (Å²) in [6.07, 6.45) is 1.95. The van der Waals surface area contributed by atoms with Crippen LogP contribution in [-0.2, 0) is 19.2 Å². The van der Waals surface area contributed by atoms with Crippen LogP contribution in [0.3, 0.4) is 0 Å². The maximum absolute atomic E-state index is 13.9. The van der Waals surface area contributed by atoms with Crippen molar-refractivity contribution in [1.82, 2.24) is 4.90 Å². The monoisotopic (exact) mass is 592 g/mol. The van der Waals surface area contributed by atoms with E-state index in [0.29, 0.717) is 21.8 Å². The molecule has 0 bridgehead atoms. The molecule has 2 heterocycles. The number of amides is 4. The Bertz CT molecular complexity index is 1480. The fourth-order valence-electron chi connectivity index (χ4n) is 6.68. The summed E-state index contributed by atoms with van der Waals surface area (Å²) in [5.74, 6) is -5.34. The SMILES string of the molecule is CN1C(=O)C2(Cl)CC3C(=CCC4C(=O)N(c5ccc(Cl)cc5)C(=O)C43)C(c3ccc(O)cc3Cl)C2(Cl)C1=O. The zero-order valence-electron chi connectivity index (χ0n) is 19.8. The fourth-order valence-corrected chi connectivity index (χ4v) is 8.11. The molecule has 2 aliphatic carbocycles. The Morgan fingerprint density at radius 1 is 0.921 bits per heavy atom. The van der Waals surface area contributed by atoms with E-state index in [1.54, 1.807) is 24.3 Å². The van der Waals surface area contributed by atoms with Crippen LogP contribution >= 0.6 is 46.4 Å². The summed E-state index contributed by atoms with van der Waals surface area (Å²) in [5, 5.41) is 10.6. The van der Waals surface area contributed by atoms with Crippen LogP contribution < -0.4 is 4.90 Å². The third-order valence-corrected chi connectivity index (χ3v) is 10.4. The lowest BCUT2D eigenvalue weighted by molar-refractivity contribution is -0.138. The highest BCUT2D eigenvalue weighted by Crippen LogP contribution is 2.66. The Morgan fingerprint density at radius 3 is 2.26 bits per heavy atom. The first-order valence-electron chi connectivity index (χ1n) is 11.9. The smallest absolute Gasteiger partial charge is 0.253 e. The van der Waals surface area contributed by atoms with Crippen LogP contribution in [0.15, 0.2) is 54.1 Å². The second kappa shape index (κ2) is 8.46. The number of rotatable bonds is 2. The van der Waals surface area contributed by atoms with Crippen LogP contribution in [0.2, 0.25) is 10.0 Å². The molecule has 2 saturated heterocycles. The van der Waals surface area contributed by atoms with E-state index < -0.39 is 51.1 Å². The second-order valence-electron chi connectivity index (χ2n) is 10.2. The first kappa shape index (κ1) is 25.7. The van der Waals surface area contributed by atoms with E-state index in [-0.39, 0.29) is 29.5 Å². The molecular weight excluding hydrogens is 574 g/mol. The van der Waals surface area contributed by atoms with Gasteiger partial charge in [0.25, 0.3) is 11.8 Å². The van der Waals surface area contributed by atoms with Crippen molar-refractivity contribution in [2.75, 3.05) is 11.9 Å². The number of alkyl halides is 2. The second-order valence-corrected chi connectivity index (χ2v) is 12.3. The molecule has 4 amide bonds. The number of allylic oxidation sites excluding steroid dienone is 2. The Kier molecular flexibility index (Phi) is 5.72. The molecule has 1 N–H and O–H groups in total. The van der Waals surface area contributed by atoms with Gasteiger partial charge in [-0.25, -0.2) is 0 Å². The highest BCUT2D eigenvalue weighted by atomic mass is 35.5. The number of benzene rings is 2. The molecule has 38 heavy (non-hydrogen) atoms. The van der Waals surface area contributed by atoms with Gasteiger partial charge < -0.3 is 5.11 Å². The summed E-state index contributed by atoms with van der Waals surface area (Å²) >= 11 is 26.8. The number of phenolic OH excluding ortho intramolecular Hbond substituents is 1. The molecule has 2 aromatic carbocycles. The Morgan fingerprint density at radius 2 is 1.61 bits per heavy atom. The van der Waals surface area contributed by atoms with Gasteiger partial charge in [0.15, 0.2) is 9.75 Å². The third kappa shape index (κ3) is 3.16. The number of halogens is 4. The van der Waals surface area contributed by atoms with Crippen molar-refractivity contribution < 1.29 is 24.3 Å². The molecule has 0 spiro atoms. The Hall–Kier alpha value is -2.58. The van der Waals surface area contributed by atoms with Gasteiger partial charge in [0.05, 0.1) is 17.5 Å². The van der Waals surface area contributed by atoms with Gasteiger partial charge in [-0.05, 0) is 60.7 Å². The molecule has 6 atom stereocenters. The van der Waals surface area contributed by atoms with E-state index in [4.69, 9.17) is 46.4 Å².